The molecule has 3 nitrogen and oxygen atoms in total. The van der Waals surface area contributed by atoms with E-state index < -0.39 is 5.97 Å². The van der Waals surface area contributed by atoms with Gasteiger partial charge in [-0.2, -0.15) is 5.26 Å². The SMILES string of the molecule is Cc1ccc(S)c(C#N)c1CC(=O)O. The average molecular weight is 207 g/mol. The highest BCUT2D eigenvalue weighted by atomic mass is 32.1. The second kappa shape index (κ2) is 4.16. The summed E-state index contributed by atoms with van der Waals surface area (Å²) in [6.07, 6.45) is -0.136. The van der Waals surface area contributed by atoms with E-state index in [4.69, 9.17) is 10.4 Å². The van der Waals surface area contributed by atoms with Gasteiger partial charge in [-0.1, -0.05) is 6.07 Å². The van der Waals surface area contributed by atoms with Crippen LogP contribution in [0.15, 0.2) is 17.0 Å². The summed E-state index contributed by atoms with van der Waals surface area (Å²) < 4.78 is 0. The summed E-state index contributed by atoms with van der Waals surface area (Å²) in [7, 11) is 0. The molecule has 0 fully saturated rings. The van der Waals surface area contributed by atoms with Crippen LogP contribution in [0.1, 0.15) is 16.7 Å². The van der Waals surface area contributed by atoms with Crippen molar-refractivity contribution < 1.29 is 9.90 Å². The number of hydrogen-bond donors (Lipinski definition) is 2. The first-order valence-electron chi connectivity index (χ1n) is 3.99. The van der Waals surface area contributed by atoms with Crippen LogP contribution < -0.4 is 0 Å². The van der Waals surface area contributed by atoms with Crippen molar-refractivity contribution in [3.8, 4) is 6.07 Å². The Hall–Kier alpha value is -1.47. The van der Waals surface area contributed by atoms with E-state index in [-0.39, 0.29) is 6.42 Å². The van der Waals surface area contributed by atoms with Crippen LogP contribution in [0.2, 0.25) is 0 Å². The number of carboxylic acid groups (broad SMARTS) is 1. The van der Waals surface area contributed by atoms with Crippen molar-refractivity contribution in [1.29, 1.82) is 5.26 Å². The normalized spacial score (nSPS) is 9.50. The third-order valence-electron chi connectivity index (χ3n) is 1.96. The van der Waals surface area contributed by atoms with Crippen molar-refractivity contribution in [3.63, 3.8) is 0 Å². The molecule has 1 aromatic rings. The van der Waals surface area contributed by atoms with Crippen LogP contribution in [0.4, 0.5) is 0 Å². The third kappa shape index (κ3) is 2.06. The standard InChI is InChI=1S/C10H9NO2S/c1-6-2-3-9(14)8(5-11)7(6)4-10(12)13/h2-3,14H,4H2,1H3,(H,12,13). The molecular weight excluding hydrogens is 198 g/mol. The summed E-state index contributed by atoms with van der Waals surface area (Å²) in [6.45, 7) is 1.78. The summed E-state index contributed by atoms with van der Waals surface area (Å²) in [4.78, 5) is 11.1. The number of carbonyl (C=O) groups is 1. The lowest BCUT2D eigenvalue weighted by atomic mass is 10.00. The number of benzene rings is 1. The first-order chi connectivity index (χ1) is 6.56. The zero-order valence-electron chi connectivity index (χ0n) is 7.61. The fourth-order valence-electron chi connectivity index (χ4n) is 1.24. The zero-order chi connectivity index (χ0) is 10.7. The van der Waals surface area contributed by atoms with E-state index in [1.165, 1.54) is 0 Å². The molecule has 0 aliphatic rings. The van der Waals surface area contributed by atoms with E-state index in [2.05, 4.69) is 12.6 Å². The Morgan fingerprint density at radius 2 is 2.29 bits per heavy atom. The van der Waals surface area contributed by atoms with E-state index in [9.17, 15) is 4.79 Å². The molecule has 1 N–H and O–H groups in total. The van der Waals surface area contributed by atoms with Gasteiger partial charge < -0.3 is 5.11 Å². The largest absolute Gasteiger partial charge is 0.481 e. The maximum atomic E-state index is 10.6. The van der Waals surface area contributed by atoms with Gasteiger partial charge in [0.25, 0.3) is 0 Å². The number of aryl methyl sites for hydroxylation is 1. The quantitative estimate of drug-likeness (QED) is 0.727. The van der Waals surface area contributed by atoms with Gasteiger partial charge in [0.2, 0.25) is 0 Å². The molecule has 72 valence electrons. The van der Waals surface area contributed by atoms with Crippen LogP contribution >= 0.6 is 12.6 Å². The second-order valence-corrected chi connectivity index (χ2v) is 3.42. The number of nitriles is 1. The molecule has 0 heterocycles. The maximum Gasteiger partial charge on any atom is 0.307 e. The molecule has 0 saturated carbocycles. The first-order valence-corrected chi connectivity index (χ1v) is 4.44. The molecule has 0 aromatic heterocycles. The molecule has 1 rings (SSSR count). The van der Waals surface area contributed by atoms with Gasteiger partial charge in [0.1, 0.15) is 6.07 Å². The van der Waals surface area contributed by atoms with E-state index in [0.29, 0.717) is 16.0 Å². The molecule has 0 aliphatic heterocycles. The molecule has 0 spiro atoms. The van der Waals surface area contributed by atoms with Crippen molar-refractivity contribution in [2.75, 3.05) is 0 Å². The fraction of sp³-hybridized carbons (Fsp3) is 0.200. The molecule has 0 bridgehead atoms. The Bertz CT molecular complexity index is 421. The summed E-state index contributed by atoms with van der Waals surface area (Å²) in [5.74, 6) is -0.941. The first kappa shape index (κ1) is 10.6. The number of carboxylic acids is 1. The fourth-order valence-corrected chi connectivity index (χ4v) is 1.50. The average Bonchev–Trinajstić information content (AvgIpc) is 2.11. The minimum Gasteiger partial charge on any atom is -0.481 e. The lowest BCUT2D eigenvalue weighted by Gasteiger charge is -2.07. The highest BCUT2D eigenvalue weighted by molar-refractivity contribution is 7.80. The molecule has 0 unspecified atom stereocenters. The summed E-state index contributed by atoms with van der Waals surface area (Å²) in [5, 5.41) is 17.5. The summed E-state index contributed by atoms with van der Waals surface area (Å²) in [6, 6.07) is 5.43. The molecule has 4 heteroatoms. The van der Waals surface area contributed by atoms with E-state index in [1.54, 1.807) is 19.1 Å². The van der Waals surface area contributed by atoms with Gasteiger partial charge in [0, 0.05) is 4.90 Å². The predicted octanol–water partition coefficient (Wildman–Crippen LogP) is 1.78. The molecule has 0 radical (unpaired) electrons. The monoisotopic (exact) mass is 207 g/mol. The van der Waals surface area contributed by atoms with Gasteiger partial charge in [-0.05, 0) is 24.1 Å². The van der Waals surface area contributed by atoms with Crippen LogP contribution in [0.3, 0.4) is 0 Å². The van der Waals surface area contributed by atoms with E-state index in [0.717, 1.165) is 5.56 Å². The lowest BCUT2D eigenvalue weighted by Crippen LogP contribution is -2.05. The number of nitrogens with zero attached hydrogens (tertiary/aromatic N) is 1. The Kier molecular flexibility index (Phi) is 3.15. The smallest absolute Gasteiger partial charge is 0.307 e. The van der Waals surface area contributed by atoms with Crippen LogP contribution in [0.5, 0.6) is 0 Å². The molecule has 1 aromatic carbocycles. The lowest BCUT2D eigenvalue weighted by molar-refractivity contribution is -0.136. The molecule has 0 aliphatic carbocycles. The Morgan fingerprint density at radius 3 is 2.79 bits per heavy atom. The second-order valence-electron chi connectivity index (χ2n) is 2.94. The van der Waals surface area contributed by atoms with Crippen molar-refractivity contribution in [2.45, 2.75) is 18.2 Å². The van der Waals surface area contributed by atoms with Gasteiger partial charge in [-0.15, -0.1) is 12.6 Å². The van der Waals surface area contributed by atoms with Crippen molar-refractivity contribution in [3.05, 3.63) is 28.8 Å². The predicted molar refractivity (Wildman–Crippen MR) is 54.5 cm³/mol. The van der Waals surface area contributed by atoms with Crippen molar-refractivity contribution in [2.24, 2.45) is 0 Å². The van der Waals surface area contributed by atoms with Crippen LogP contribution in [-0.2, 0) is 11.2 Å². The minimum absolute atomic E-state index is 0.136. The van der Waals surface area contributed by atoms with Crippen molar-refractivity contribution >= 4 is 18.6 Å². The summed E-state index contributed by atoms with van der Waals surface area (Å²) >= 11 is 4.10. The van der Waals surface area contributed by atoms with Crippen LogP contribution in [0.25, 0.3) is 0 Å². The molecule has 0 saturated heterocycles. The third-order valence-corrected chi connectivity index (χ3v) is 2.34. The van der Waals surface area contributed by atoms with Gasteiger partial charge >= 0.3 is 5.97 Å². The minimum atomic E-state index is -0.941. The maximum absolute atomic E-state index is 10.6. The zero-order valence-corrected chi connectivity index (χ0v) is 8.51. The Labute approximate surface area is 87.4 Å². The molecule has 14 heavy (non-hydrogen) atoms. The highest BCUT2D eigenvalue weighted by Crippen LogP contribution is 2.21. The topological polar surface area (TPSA) is 61.1 Å². The van der Waals surface area contributed by atoms with Crippen LogP contribution in [-0.4, -0.2) is 11.1 Å². The molecule has 0 atom stereocenters. The van der Waals surface area contributed by atoms with Gasteiger partial charge in [0.15, 0.2) is 0 Å². The van der Waals surface area contributed by atoms with Crippen LogP contribution in [0, 0.1) is 18.3 Å². The van der Waals surface area contributed by atoms with Gasteiger partial charge in [0.05, 0.1) is 12.0 Å². The highest BCUT2D eigenvalue weighted by Gasteiger charge is 2.11. The molecule has 0 amide bonds. The number of hydrogen-bond acceptors (Lipinski definition) is 3. The van der Waals surface area contributed by atoms with E-state index >= 15 is 0 Å². The Morgan fingerprint density at radius 1 is 1.64 bits per heavy atom. The van der Waals surface area contributed by atoms with E-state index in [1.807, 2.05) is 6.07 Å². The van der Waals surface area contributed by atoms with Gasteiger partial charge in [-0.3, -0.25) is 4.79 Å². The van der Waals surface area contributed by atoms with Gasteiger partial charge in [-0.25, -0.2) is 0 Å². The number of thiol groups is 1. The summed E-state index contributed by atoms with van der Waals surface area (Å²) in [5.41, 5.74) is 1.71. The Balaban J connectivity index is 3.31. The van der Waals surface area contributed by atoms with Crippen molar-refractivity contribution in [1.82, 2.24) is 0 Å². The molecular formula is C10H9NO2S. The number of aliphatic carboxylic acids is 1. The number of rotatable bonds is 2.